The zero-order chi connectivity index (χ0) is 14.9. The molecule has 0 N–H and O–H groups in total. The highest BCUT2D eigenvalue weighted by atomic mass is 14.3. The number of fused-ring (bicyclic) bond motifs is 1. The molecule has 2 aliphatic carbocycles. The molecule has 2 aromatic carbocycles. The molecular weight excluding hydrogens is 264 g/mol. The van der Waals surface area contributed by atoms with Gasteiger partial charge >= 0.3 is 0 Å². The maximum absolute atomic E-state index is 2.39. The van der Waals surface area contributed by atoms with Crippen LogP contribution in [0.5, 0.6) is 0 Å². The van der Waals surface area contributed by atoms with Gasteiger partial charge in [-0.2, -0.15) is 0 Å². The van der Waals surface area contributed by atoms with E-state index in [1.807, 2.05) is 0 Å². The highest BCUT2D eigenvalue weighted by molar-refractivity contribution is 5.77. The highest BCUT2D eigenvalue weighted by Crippen LogP contribution is 2.42. The van der Waals surface area contributed by atoms with E-state index in [-0.39, 0.29) is 0 Å². The summed E-state index contributed by atoms with van der Waals surface area (Å²) >= 11 is 0. The molecule has 4 rings (SSSR count). The van der Waals surface area contributed by atoms with Crippen LogP contribution in [0.25, 0.3) is 11.6 Å². The molecule has 0 bridgehead atoms. The minimum atomic E-state index is 0.561. The van der Waals surface area contributed by atoms with Gasteiger partial charge < -0.3 is 0 Å². The van der Waals surface area contributed by atoms with Gasteiger partial charge in [0.25, 0.3) is 0 Å². The molecule has 108 valence electrons. The van der Waals surface area contributed by atoms with E-state index in [1.54, 1.807) is 5.57 Å². The SMILES string of the molecule is CC1=Cc2ccccc2C1CC1=CC(c2ccccc2)=CC1. The largest absolute Gasteiger partial charge is 0.0726 e. The third kappa shape index (κ3) is 2.35. The molecule has 0 saturated heterocycles. The average molecular weight is 284 g/mol. The van der Waals surface area contributed by atoms with E-state index >= 15 is 0 Å². The predicted molar refractivity (Wildman–Crippen MR) is 94.6 cm³/mol. The zero-order valence-corrected chi connectivity index (χ0v) is 12.9. The Morgan fingerprint density at radius 2 is 1.68 bits per heavy atom. The van der Waals surface area contributed by atoms with Gasteiger partial charge in [0.2, 0.25) is 0 Å². The Bertz CT molecular complexity index is 788. The van der Waals surface area contributed by atoms with Crippen molar-refractivity contribution >= 4 is 11.6 Å². The second-order valence-corrected chi connectivity index (χ2v) is 6.31. The normalized spacial score (nSPS) is 19.5. The molecule has 0 spiro atoms. The molecule has 0 aliphatic heterocycles. The van der Waals surface area contributed by atoms with E-state index < -0.39 is 0 Å². The van der Waals surface area contributed by atoms with Crippen LogP contribution in [0.2, 0.25) is 0 Å². The number of hydrogen-bond acceptors (Lipinski definition) is 0. The van der Waals surface area contributed by atoms with Crippen molar-refractivity contribution in [1.82, 2.24) is 0 Å². The Morgan fingerprint density at radius 1 is 0.909 bits per heavy atom. The summed E-state index contributed by atoms with van der Waals surface area (Å²) in [6.45, 7) is 2.27. The molecular formula is C22H20. The van der Waals surface area contributed by atoms with Gasteiger partial charge in [-0.25, -0.2) is 0 Å². The average Bonchev–Trinajstić information content (AvgIpc) is 3.14. The van der Waals surface area contributed by atoms with E-state index in [1.165, 1.54) is 27.8 Å². The second kappa shape index (κ2) is 5.46. The Balaban J connectivity index is 1.56. The summed E-state index contributed by atoms with van der Waals surface area (Å²) in [5.74, 6) is 0.561. The van der Waals surface area contributed by atoms with Crippen molar-refractivity contribution in [3.05, 3.63) is 94.6 Å². The molecule has 0 heteroatoms. The molecule has 2 aromatic rings. The Kier molecular flexibility index (Phi) is 3.31. The highest BCUT2D eigenvalue weighted by Gasteiger charge is 2.23. The first-order valence-electron chi connectivity index (χ1n) is 8.03. The minimum absolute atomic E-state index is 0.561. The molecule has 22 heavy (non-hydrogen) atoms. The molecule has 0 amide bonds. The third-order valence-corrected chi connectivity index (χ3v) is 4.82. The van der Waals surface area contributed by atoms with Gasteiger partial charge in [-0.3, -0.25) is 0 Å². The molecule has 0 radical (unpaired) electrons. The van der Waals surface area contributed by atoms with Crippen molar-refractivity contribution < 1.29 is 0 Å². The number of allylic oxidation sites excluding steroid dienone is 5. The van der Waals surface area contributed by atoms with Crippen LogP contribution in [0, 0.1) is 0 Å². The van der Waals surface area contributed by atoms with Gasteiger partial charge in [-0.1, -0.05) is 84.0 Å². The first kappa shape index (κ1) is 13.3. The maximum atomic E-state index is 2.39. The van der Waals surface area contributed by atoms with Crippen molar-refractivity contribution in [2.75, 3.05) is 0 Å². The van der Waals surface area contributed by atoms with Crippen LogP contribution in [0.3, 0.4) is 0 Å². The van der Waals surface area contributed by atoms with Crippen molar-refractivity contribution in [2.45, 2.75) is 25.7 Å². The lowest BCUT2D eigenvalue weighted by Crippen LogP contribution is -1.98. The van der Waals surface area contributed by atoms with Gasteiger partial charge in [-0.05, 0) is 42.0 Å². The molecule has 2 aliphatic rings. The predicted octanol–water partition coefficient (Wildman–Crippen LogP) is 5.99. The molecule has 0 saturated carbocycles. The van der Waals surface area contributed by atoms with E-state index in [4.69, 9.17) is 0 Å². The summed E-state index contributed by atoms with van der Waals surface area (Å²) in [6.07, 6.45) is 9.34. The van der Waals surface area contributed by atoms with Crippen molar-refractivity contribution in [3.8, 4) is 0 Å². The van der Waals surface area contributed by atoms with Gasteiger partial charge in [0, 0.05) is 5.92 Å². The van der Waals surface area contributed by atoms with Gasteiger partial charge in [0.15, 0.2) is 0 Å². The fourth-order valence-electron chi connectivity index (χ4n) is 3.64. The summed E-state index contributed by atoms with van der Waals surface area (Å²) in [6, 6.07) is 19.5. The minimum Gasteiger partial charge on any atom is -0.0726 e. The van der Waals surface area contributed by atoms with Crippen molar-refractivity contribution in [1.29, 1.82) is 0 Å². The van der Waals surface area contributed by atoms with Crippen LogP contribution in [0.1, 0.15) is 42.4 Å². The standard InChI is InChI=1S/C22H20/c1-16-13-20-9-5-6-10-21(20)22(16)15-17-11-12-19(14-17)18-7-3-2-4-8-18/h2-10,12-14,22H,11,15H2,1H3. The molecule has 0 fully saturated rings. The fraction of sp³-hybridized carbons (Fsp3) is 0.182. The van der Waals surface area contributed by atoms with E-state index in [2.05, 4.69) is 79.7 Å². The van der Waals surface area contributed by atoms with Crippen LogP contribution >= 0.6 is 0 Å². The summed E-state index contributed by atoms with van der Waals surface area (Å²) in [4.78, 5) is 0. The topological polar surface area (TPSA) is 0 Å². The smallest absolute Gasteiger partial charge is 0.00920 e. The van der Waals surface area contributed by atoms with Crippen molar-refractivity contribution in [3.63, 3.8) is 0 Å². The van der Waals surface area contributed by atoms with Crippen molar-refractivity contribution in [2.24, 2.45) is 0 Å². The fourth-order valence-corrected chi connectivity index (χ4v) is 3.64. The third-order valence-electron chi connectivity index (χ3n) is 4.82. The van der Waals surface area contributed by atoms with Crippen LogP contribution in [-0.2, 0) is 0 Å². The zero-order valence-electron chi connectivity index (χ0n) is 12.9. The van der Waals surface area contributed by atoms with Gasteiger partial charge in [0.05, 0.1) is 0 Å². The first-order chi connectivity index (χ1) is 10.8. The number of benzene rings is 2. The van der Waals surface area contributed by atoms with Crippen LogP contribution < -0.4 is 0 Å². The summed E-state index contributed by atoms with van der Waals surface area (Å²) in [5.41, 5.74) is 8.65. The molecule has 1 atom stereocenters. The number of rotatable bonds is 3. The maximum Gasteiger partial charge on any atom is 0.00920 e. The first-order valence-corrected chi connectivity index (χ1v) is 8.03. The van der Waals surface area contributed by atoms with Gasteiger partial charge in [-0.15, -0.1) is 0 Å². The molecule has 1 unspecified atom stereocenters. The summed E-state index contributed by atoms with van der Waals surface area (Å²) in [7, 11) is 0. The lowest BCUT2D eigenvalue weighted by Gasteiger charge is -2.15. The second-order valence-electron chi connectivity index (χ2n) is 6.31. The van der Waals surface area contributed by atoms with Crippen LogP contribution in [0.4, 0.5) is 0 Å². The van der Waals surface area contributed by atoms with Gasteiger partial charge in [0.1, 0.15) is 0 Å². The van der Waals surface area contributed by atoms with E-state index in [0.717, 1.165) is 12.8 Å². The Hall–Kier alpha value is -2.34. The lowest BCUT2D eigenvalue weighted by molar-refractivity contribution is 0.784. The summed E-state index contributed by atoms with van der Waals surface area (Å²) in [5, 5.41) is 0. The number of hydrogen-bond donors (Lipinski definition) is 0. The van der Waals surface area contributed by atoms with Crippen LogP contribution in [-0.4, -0.2) is 0 Å². The van der Waals surface area contributed by atoms with Crippen LogP contribution in [0.15, 0.2) is 77.9 Å². The van der Waals surface area contributed by atoms with E-state index in [0.29, 0.717) is 5.92 Å². The molecule has 0 aromatic heterocycles. The lowest BCUT2D eigenvalue weighted by atomic mass is 9.89. The quantitative estimate of drug-likeness (QED) is 0.649. The van der Waals surface area contributed by atoms with E-state index in [9.17, 15) is 0 Å². The Labute approximate surface area is 132 Å². The monoisotopic (exact) mass is 284 g/mol. The summed E-state index contributed by atoms with van der Waals surface area (Å²) < 4.78 is 0. The Morgan fingerprint density at radius 3 is 2.55 bits per heavy atom. The molecule has 0 heterocycles. The molecule has 0 nitrogen and oxygen atoms in total.